The van der Waals surface area contributed by atoms with Crippen molar-refractivity contribution in [3.63, 3.8) is 0 Å². The average Bonchev–Trinajstić information content (AvgIpc) is 3.02. The van der Waals surface area contributed by atoms with Gasteiger partial charge in [-0.05, 0) is 31.2 Å². The molecule has 126 valence electrons. The van der Waals surface area contributed by atoms with Crippen LogP contribution >= 0.6 is 0 Å². The van der Waals surface area contributed by atoms with Gasteiger partial charge in [0.2, 0.25) is 5.89 Å². The van der Waals surface area contributed by atoms with Crippen LogP contribution in [0.1, 0.15) is 23.1 Å². The van der Waals surface area contributed by atoms with E-state index in [9.17, 15) is 9.90 Å². The van der Waals surface area contributed by atoms with Crippen molar-refractivity contribution >= 4 is 17.9 Å². The lowest BCUT2D eigenvalue weighted by Crippen LogP contribution is -2.07. The van der Waals surface area contributed by atoms with Crippen LogP contribution in [0, 0.1) is 0 Å². The van der Waals surface area contributed by atoms with E-state index >= 15 is 0 Å². The largest absolute Gasteiger partial charge is 0.479 e. The highest BCUT2D eigenvalue weighted by molar-refractivity contribution is 5.94. The van der Waals surface area contributed by atoms with E-state index in [1.807, 2.05) is 30.3 Å². The van der Waals surface area contributed by atoms with Gasteiger partial charge in [-0.2, -0.15) is 0 Å². The van der Waals surface area contributed by atoms with E-state index in [4.69, 9.17) is 9.15 Å². The maximum atomic E-state index is 11.9. The Labute approximate surface area is 143 Å². The molecule has 0 aliphatic heterocycles. The van der Waals surface area contributed by atoms with Gasteiger partial charge < -0.3 is 14.3 Å². The summed E-state index contributed by atoms with van der Waals surface area (Å²) < 4.78 is 10.2. The van der Waals surface area contributed by atoms with E-state index in [0.29, 0.717) is 5.69 Å². The fraction of sp³-hybridized carbons (Fsp3) is 0.111. The van der Waals surface area contributed by atoms with Crippen LogP contribution in [0.5, 0.6) is 5.95 Å². The molecule has 0 atom stereocenters. The second kappa shape index (κ2) is 7.39. The third kappa shape index (κ3) is 3.72. The molecule has 0 fully saturated rings. The lowest BCUT2D eigenvalue weighted by molar-refractivity contribution is 0.0520. The van der Waals surface area contributed by atoms with Gasteiger partial charge in [0.15, 0.2) is 11.4 Å². The SMILES string of the molecule is CCOC(=O)c1ncccc1N=Cc1nc(-c2ccccc2)oc1O. The van der Waals surface area contributed by atoms with Gasteiger partial charge in [0.05, 0.1) is 18.5 Å². The minimum Gasteiger partial charge on any atom is -0.479 e. The van der Waals surface area contributed by atoms with Crippen LogP contribution in [0.15, 0.2) is 58.1 Å². The molecule has 3 rings (SSSR count). The van der Waals surface area contributed by atoms with E-state index in [-0.39, 0.29) is 29.8 Å². The number of hydrogen-bond donors (Lipinski definition) is 1. The van der Waals surface area contributed by atoms with Gasteiger partial charge in [0, 0.05) is 11.8 Å². The first-order valence-electron chi connectivity index (χ1n) is 7.60. The Morgan fingerprint density at radius 2 is 2.08 bits per heavy atom. The molecule has 25 heavy (non-hydrogen) atoms. The quantitative estimate of drug-likeness (QED) is 0.566. The van der Waals surface area contributed by atoms with Gasteiger partial charge in [-0.25, -0.2) is 14.8 Å². The molecule has 0 radical (unpaired) electrons. The predicted octanol–water partition coefficient (Wildman–Crippen LogP) is 3.37. The molecule has 0 aliphatic rings. The van der Waals surface area contributed by atoms with E-state index in [0.717, 1.165) is 5.56 Å². The predicted molar refractivity (Wildman–Crippen MR) is 91.1 cm³/mol. The molecule has 0 unspecified atom stereocenters. The normalized spacial score (nSPS) is 10.9. The zero-order chi connectivity index (χ0) is 17.6. The van der Waals surface area contributed by atoms with Crippen LogP contribution in [0.3, 0.4) is 0 Å². The summed E-state index contributed by atoms with van der Waals surface area (Å²) in [5.74, 6) is -0.648. The highest BCUT2D eigenvalue weighted by atomic mass is 16.5. The van der Waals surface area contributed by atoms with Crippen LogP contribution in [0.25, 0.3) is 11.5 Å². The minimum atomic E-state index is -0.565. The highest BCUT2D eigenvalue weighted by Crippen LogP contribution is 2.26. The summed E-state index contributed by atoms with van der Waals surface area (Å²) >= 11 is 0. The second-order valence-corrected chi connectivity index (χ2v) is 4.93. The van der Waals surface area contributed by atoms with Crippen LogP contribution in [-0.2, 0) is 4.74 Å². The molecule has 0 amide bonds. The first kappa shape index (κ1) is 16.4. The fourth-order valence-electron chi connectivity index (χ4n) is 2.10. The first-order chi connectivity index (χ1) is 12.2. The number of hydrogen-bond acceptors (Lipinski definition) is 7. The Morgan fingerprint density at radius 1 is 1.28 bits per heavy atom. The lowest BCUT2D eigenvalue weighted by Gasteiger charge is -2.03. The first-order valence-corrected chi connectivity index (χ1v) is 7.60. The Kier molecular flexibility index (Phi) is 4.84. The van der Waals surface area contributed by atoms with Crippen molar-refractivity contribution in [2.24, 2.45) is 4.99 Å². The van der Waals surface area contributed by atoms with Crippen LogP contribution in [-0.4, -0.2) is 33.9 Å². The van der Waals surface area contributed by atoms with Crippen molar-refractivity contribution in [1.29, 1.82) is 0 Å². The standard InChI is InChI=1S/C18H15N3O4/c1-2-24-18(23)15-13(9-6-10-19-15)20-11-14-17(22)25-16(21-14)12-7-4-3-5-8-12/h3-11,22H,2H2,1H3. The number of aromatic hydroxyl groups is 1. The maximum Gasteiger partial charge on any atom is 0.359 e. The lowest BCUT2D eigenvalue weighted by atomic mass is 10.2. The average molecular weight is 337 g/mol. The molecule has 3 aromatic rings. The summed E-state index contributed by atoms with van der Waals surface area (Å²) in [4.78, 5) is 24.3. The van der Waals surface area contributed by atoms with E-state index in [1.165, 1.54) is 12.4 Å². The number of rotatable bonds is 5. The molecule has 1 N–H and O–H groups in total. The summed E-state index contributed by atoms with van der Waals surface area (Å²) in [6.45, 7) is 1.95. The molecule has 0 saturated heterocycles. The molecule has 0 saturated carbocycles. The zero-order valence-electron chi connectivity index (χ0n) is 13.4. The summed E-state index contributed by atoms with van der Waals surface area (Å²) in [6.07, 6.45) is 2.79. The summed E-state index contributed by atoms with van der Waals surface area (Å²) in [5.41, 5.74) is 1.28. The molecule has 0 bridgehead atoms. The summed E-state index contributed by atoms with van der Waals surface area (Å²) in [5, 5.41) is 9.91. The third-order valence-electron chi connectivity index (χ3n) is 3.24. The van der Waals surface area contributed by atoms with Crippen LogP contribution in [0.2, 0.25) is 0 Å². The molecule has 7 nitrogen and oxygen atoms in total. The highest BCUT2D eigenvalue weighted by Gasteiger charge is 2.15. The summed E-state index contributed by atoms with van der Waals surface area (Å²) in [6, 6.07) is 12.4. The number of oxazole rings is 1. The van der Waals surface area contributed by atoms with Crippen molar-refractivity contribution in [2.75, 3.05) is 6.61 Å². The summed E-state index contributed by atoms with van der Waals surface area (Å²) in [7, 11) is 0. The van der Waals surface area contributed by atoms with Crippen molar-refractivity contribution in [3.8, 4) is 17.4 Å². The van der Waals surface area contributed by atoms with Gasteiger partial charge in [-0.15, -0.1) is 0 Å². The molecule has 1 aromatic carbocycles. The molecule has 2 heterocycles. The smallest absolute Gasteiger partial charge is 0.359 e. The molecule has 2 aromatic heterocycles. The molecular formula is C18H15N3O4. The van der Waals surface area contributed by atoms with Gasteiger partial charge in [0.25, 0.3) is 0 Å². The fourth-order valence-corrected chi connectivity index (χ4v) is 2.10. The Morgan fingerprint density at radius 3 is 2.84 bits per heavy atom. The number of aliphatic imine (C=N–C) groups is 1. The van der Waals surface area contributed by atoms with Crippen molar-refractivity contribution in [3.05, 3.63) is 60.0 Å². The van der Waals surface area contributed by atoms with E-state index < -0.39 is 5.97 Å². The monoisotopic (exact) mass is 337 g/mol. The Balaban J connectivity index is 1.89. The number of benzene rings is 1. The number of esters is 1. The minimum absolute atomic E-state index is 0.0897. The maximum absolute atomic E-state index is 11.9. The van der Waals surface area contributed by atoms with Crippen molar-refractivity contribution < 1.29 is 19.1 Å². The van der Waals surface area contributed by atoms with Crippen LogP contribution < -0.4 is 0 Å². The zero-order valence-corrected chi connectivity index (χ0v) is 13.4. The number of pyridine rings is 1. The Hall–Kier alpha value is -3.48. The van der Waals surface area contributed by atoms with Gasteiger partial charge in [-0.3, -0.25) is 4.99 Å². The molecular weight excluding hydrogens is 322 g/mol. The van der Waals surface area contributed by atoms with E-state index in [1.54, 1.807) is 19.1 Å². The Bertz CT molecular complexity index is 904. The van der Waals surface area contributed by atoms with E-state index in [2.05, 4.69) is 15.0 Å². The van der Waals surface area contributed by atoms with Gasteiger partial charge >= 0.3 is 11.9 Å². The number of nitrogens with zero attached hydrogens (tertiary/aromatic N) is 3. The molecule has 0 aliphatic carbocycles. The third-order valence-corrected chi connectivity index (χ3v) is 3.24. The number of ether oxygens (including phenoxy) is 1. The second-order valence-electron chi connectivity index (χ2n) is 4.93. The number of aromatic nitrogens is 2. The molecule has 0 spiro atoms. The van der Waals surface area contributed by atoms with Crippen molar-refractivity contribution in [1.82, 2.24) is 9.97 Å². The van der Waals surface area contributed by atoms with Crippen molar-refractivity contribution in [2.45, 2.75) is 6.92 Å². The van der Waals surface area contributed by atoms with Gasteiger partial charge in [0.1, 0.15) is 0 Å². The number of carbonyl (C=O) groups is 1. The molecule has 7 heteroatoms. The van der Waals surface area contributed by atoms with Gasteiger partial charge in [-0.1, -0.05) is 18.2 Å². The topological polar surface area (TPSA) is 97.8 Å². The number of carbonyl (C=O) groups excluding carboxylic acids is 1. The van der Waals surface area contributed by atoms with Crippen LogP contribution in [0.4, 0.5) is 5.69 Å².